The van der Waals surface area contributed by atoms with E-state index >= 15 is 0 Å². The van der Waals surface area contributed by atoms with Gasteiger partial charge in [-0.15, -0.1) is 5.10 Å². The fourth-order valence-electron chi connectivity index (χ4n) is 2.60. The van der Waals surface area contributed by atoms with E-state index in [1.165, 1.54) is 0 Å². The fraction of sp³-hybridized carbons (Fsp3) is 0.111. The Morgan fingerprint density at radius 3 is 2.76 bits per heavy atom. The number of aromatic nitrogens is 4. The number of aryl methyl sites for hydroxylation is 1. The summed E-state index contributed by atoms with van der Waals surface area (Å²) in [5.74, 6) is 0.0492. The summed E-state index contributed by atoms with van der Waals surface area (Å²) in [4.78, 5) is 12.2. The first-order valence-corrected chi connectivity index (χ1v) is 7.78. The molecule has 124 valence electrons. The van der Waals surface area contributed by atoms with Crippen molar-refractivity contribution in [2.24, 2.45) is 7.05 Å². The Morgan fingerprint density at radius 2 is 1.96 bits per heavy atom. The molecule has 7 nitrogen and oxygen atoms in total. The minimum absolute atomic E-state index is 0.0615. The van der Waals surface area contributed by atoms with E-state index in [0.29, 0.717) is 5.69 Å². The molecule has 25 heavy (non-hydrogen) atoms. The maximum Gasteiger partial charge on any atom is 0.322 e. The molecule has 2 aromatic heterocycles. The van der Waals surface area contributed by atoms with Crippen LogP contribution in [0.15, 0.2) is 59.1 Å². The SMILES string of the molecule is Cn1ccc(-c2nnc(NC(=O)Cc3ccc4ccccc4c3)o2)n1. The summed E-state index contributed by atoms with van der Waals surface area (Å²) in [6.45, 7) is 0. The molecule has 1 N–H and O–H groups in total. The third kappa shape index (κ3) is 3.25. The number of hydrogen-bond donors (Lipinski definition) is 1. The molecule has 0 aliphatic carbocycles. The first kappa shape index (κ1) is 15.1. The van der Waals surface area contributed by atoms with Crippen molar-refractivity contribution in [3.05, 3.63) is 60.3 Å². The number of anilines is 1. The van der Waals surface area contributed by atoms with Gasteiger partial charge in [0.15, 0.2) is 0 Å². The normalized spacial score (nSPS) is 10.9. The zero-order chi connectivity index (χ0) is 17.2. The highest BCUT2D eigenvalue weighted by atomic mass is 16.4. The van der Waals surface area contributed by atoms with E-state index in [-0.39, 0.29) is 24.2 Å². The lowest BCUT2D eigenvalue weighted by molar-refractivity contribution is -0.115. The van der Waals surface area contributed by atoms with Crippen LogP contribution < -0.4 is 5.32 Å². The number of nitrogens with one attached hydrogen (secondary N) is 1. The predicted octanol–water partition coefficient (Wildman–Crippen LogP) is 2.80. The quantitative estimate of drug-likeness (QED) is 0.620. The van der Waals surface area contributed by atoms with E-state index in [1.807, 2.05) is 42.5 Å². The van der Waals surface area contributed by atoms with E-state index in [4.69, 9.17) is 4.42 Å². The molecule has 0 aliphatic heterocycles. The lowest BCUT2D eigenvalue weighted by Gasteiger charge is -2.03. The van der Waals surface area contributed by atoms with Crippen LogP contribution in [-0.4, -0.2) is 25.9 Å². The summed E-state index contributed by atoms with van der Waals surface area (Å²) in [6, 6.07) is 15.8. The Hall–Kier alpha value is -3.48. The number of benzene rings is 2. The highest BCUT2D eigenvalue weighted by molar-refractivity contribution is 5.91. The molecule has 0 fully saturated rings. The molecule has 0 saturated carbocycles. The summed E-state index contributed by atoms with van der Waals surface area (Å²) in [7, 11) is 1.80. The lowest BCUT2D eigenvalue weighted by atomic mass is 10.1. The number of nitrogens with zero attached hydrogens (tertiary/aromatic N) is 4. The van der Waals surface area contributed by atoms with Gasteiger partial charge >= 0.3 is 6.01 Å². The van der Waals surface area contributed by atoms with Gasteiger partial charge in [-0.25, -0.2) is 0 Å². The summed E-state index contributed by atoms with van der Waals surface area (Å²) in [5, 5.41) is 16.8. The van der Waals surface area contributed by atoms with Gasteiger partial charge in [0.1, 0.15) is 5.69 Å². The second-order valence-electron chi connectivity index (χ2n) is 5.69. The van der Waals surface area contributed by atoms with Gasteiger partial charge in [-0.2, -0.15) is 5.10 Å². The van der Waals surface area contributed by atoms with Crippen molar-refractivity contribution in [1.29, 1.82) is 0 Å². The van der Waals surface area contributed by atoms with Crippen LogP contribution in [0.1, 0.15) is 5.56 Å². The van der Waals surface area contributed by atoms with Crippen LogP contribution in [-0.2, 0) is 18.3 Å². The van der Waals surface area contributed by atoms with Gasteiger partial charge < -0.3 is 4.42 Å². The van der Waals surface area contributed by atoms with E-state index in [2.05, 4.69) is 20.6 Å². The van der Waals surface area contributed by atoms with Crippen molar-refractivity contribution in [2.45, 2.75) is 6.42 Å². The predicted molar refractivity (Wildman–Crippen MR) is 92.8 cm³/mol. The monoisotopic (exact) mass is 333 g/mol. The zero-order valence-electron chi connectivity index (χ0n) is 13.5. The maximum absolute atomic E-state index is 12.2. The fourth-order valence-corrected chi connectivity index (χ4v) is 2.60. The summed E-state index contributed by atoms with van der Waals surface area (Å²) in [5.41, 5.74) is 1.48. The molecule has 0 unspecified atom stereocenters. The molecule has 4 rings (SSSR count). The number of rotatable bonds is 4. The number of carbonyl (C=O) groups is 1. The molecule has 0 radical (unpaired) electrons. The number of amides is 1. The Kier molecular flexibility index (Phi) is 3.74. The van der Waals surface area contributed by atoms with Crippen LogP contribution in [0.3, 0.4) is 0 Å². The highest BCUT2D eigenvalue weighted by Gasteiger charge is 2.13. The summed E-state index contributed by atoms with van der Waals surface area (Å²) < 4.78 is 7.07. The van der Waals surface area contributed by atoms with Crippen molar-refractivity contribution in [1.82, 2.24) is 20.0 Å². The zero-order valence-corrected chi connectivity index (χ0v) is 13.5. The molecular formula is C18H15N5O2. The van der Waals surface area contributed by atoms with Crippen molar-refractivity contribution < 1.29 is 9.21 Å². The molecule has 0 bridgehead atoms. The first-order valence-electron chi connectivity index (χ1n) is 7.78. The van der Waals surface area contributed by atoms with E-state index < -0.39 is 0 Å². The Morgan fingerprint density at radius 1 is 1.12 bits per heavy atom. The van der Waals surface area contributed by atoms with Gasteiger partial charge in [-0.1, -0.05) is 47.6 Å². The highest BCUT2D eigenvalue weighted by Crippen LogP contribution is 2.18. The van der Waals surface area contributed by atoms with Crippen LogP contribution in [0.5, 0.6) is 0 Å². The molecule has 1 amide bonds. The number of hydrogen-bond acceptors (Lipinski definition) is 5. The van der Waals surface area contributed by atoms with Gasteiger partial charge in [0, 0.05) is 13.2 Å². The molecular weight excluding hydrogens is 318 g/mol. The van der Waals surface area contributed by atoms with Crippen LogP contribution in [0.2, 0.25) is 0 Å². The Labute approximate surface area is 143 Å². The standard InChI is InChI=1S/C18H15N5O2/c1-23-9-8-15(22-23)17-20-21-18(25-17)19-16(24)11-12-6-7-13-4-2-3-5-14(13)10-12/h2-10H,11H2,1H3,(H,19,21,24). The largest absolute Gasteiger partial charge is 0.401 e. The molecule has 0 spiro atoms. The smallest absolute Gasteiger partial charge is 0.322 e. The van der Waals surface area contributed by atoms with Crippen LogP contribution in [0.4, 0.5) is 6.01 Å². The van der Waals surface area contributed by atoms with Crippen molar-refractivity contribution in [2.75, 3.05) is 5.32 Å². The second kappa shape index (κ2) is 6.20. The Bertz CT molecular complexity index is 1050. The second-order valence-corrected chi connectivity index (χ2v) is 5.69. The minimum atomic E-state index is -0.216. The van der Waals surface area contributed by atoms with Gasteiger partial charge in [-0.05, 0) is 22.4 Å². The van der Waals surface area contributed by atoms with Crippen molar-refractivity contribution >= 4 is 22.7 Å². The van der Waals surface area contributed by atoms with Crippen LogP contribution in [0, 0.1) is 0 Å². The van der Waals surface area contributed by atoms with E-state index in [9.17, 15) is 4.79 Å². The van der Waals surface area contributed by atoms with Crippen LogP contribution in [0.25, 0.3) is 22.4 Å². The molecule has 4 aromatic rings. The third-order valence-corrected chi connectivity index (χ3v) is 3.78. The molecule has 2 heterocycles. The summed E-state index contributed by atoms with van der Waals surface area (Å²) in [6.07, 6.45) is 2.00. The molecule has 0 saturated heterocycles. The average Bonchev–Trinajstić information content (AvgIpc) is 3.23. The molecule has 0 aliphatic rings. The molecule has 2 aromatic carbocycles. The molecule has 0 atom stereocenters. The van der Waals surface area contributed by atoms with E-state index in [0.717, 1.165) is 16.3 Å². The van der Waals surface area contributed by atoms with Gasteiger partial charge in [-0.3, -0.25) is 14.8 Å². The van der Waals surface area contributed by atoms with Crippen LogP contribution >= 0.6 is 0 Å². The van der Waals surface area contributed by atoms with Gasteiger partial charge in [0.2, 0.25) is 5.91 Å². The first-order chi connectivity index (χ1) is 12.2. The lowest BCUT2D eigenvalue weighted by Crippen LogP contribution is -2.14. The minimum Gasteiger partial charge on any atom is -0.401 e. The topological polar surface area (TPSA) is 85.8 Å². The van der Waals surface area contributed by atoms with Crippen molar-refractivity contribution in [3.63, 3.8) is 0 Å². The summed E-state index contributed by atoms with van der Waals surface area (Å²) >= 11 is 0. The van der Waals surface area contributed by atoms with Crippen molar-refractivity contribution in [3.8, 4) is 11.6 Å². The number of fused-ring (bicyclic) bond motifs is 1. The Balaban J connectivity index is 1.45. The average molecular weight is 333 g/mol. The maximum atomic E-state index is 12.2. The number of carbonyl (C=O) groups excluding carboxylic acids is 1. The third-order valence-electron chi connectivity index (χ3n) is 3.78. The van der Waals surface area contributed by atoms with E-state index in [1.54, 1.807) is 24.0 Å². The molecule has 7 heteroatoms. The van der Waals surface area contributed by atoms with Gasteiger partial charge in [0.25, 0.3) is 5.89 Å². The van der Waals surface area contributed by atoms with Gasteiger partial charge in [0.05, 0.1) is 6.42 Å².